The van der Waals surface area contributed by atoms with Gasteiger partial charge in [0.1, 0.15) is 6.10 Å². The van der Waals surface area contributed by atoms with Gasteiger partial charge in [0, 0.05) is 6.54 Å². The van der Waals surface area contributed by atoms with Crippen molar-refractivity contribution in [2.75, 3.05) is 13.1 Å². The van der Waals surface area contributed by atoms with Gasteiger partial charge in [0.25, 0.3) is 0 Å². The van der Waals surface area contributed by atoms with E-state index in [1.807, 2.05) is 0 Å². The van der Waals surface area contributed by atoms with Crippen LogP contribution >= 0.6 is 0 Å². The van der Waals surface area contributed by atoms with Crippen LogP contribution in [0.2, 0.25) is 0 Å². The number of ether oxygens (including phenoxy) is 1. The van der Waals surface area contributed by atoms with E-state index in [4.69, 9.17) is 4.74 Å². The fourth-order valence-electron chi connectivity index (χ4n) is 2.57. The van der Waals surface area contributed by atoms with Crippen LogP contribution in [-0.2, 0) is 15.7 Å². The van der Waals surface area contributed by atoms with Gasteiger partial charge in [-0.2, -0.15) is 13.2 Å². The number of carbonyl (C=O) groups is 1. The van der Waals surface area contributed by atoms with E-state index in [9.17, 15) is 18.0 Å². The lowest BCUT2D eigenvalue weighted by Gasteiger charge is -2.42. The molecule has 0 aromatic heterocycles. The van der Waals surface area contributed by atoms with E-state index in [0.29, 0.717) is 12.1 Å². The van der Waals surface area contributed by atoms with E-state index in [1.165, 1.54) is 12.1 Å². The van der Waals surface area contributed by atoms with Gasteiger partial charge < -0.3 is 9.64 Å². The lowest BCUT2D eigenvalue weighted by molar-refractivity contribution is -0.158. The predicted molar refractivity (Wildman–Crippen MR) is 76.1 cm³/mol. The van der Waals surface area contributed by atoms with E-state index in [0.717, 1.165) is 12.1 Å². The van der Waals surface area contributed by atoms with Crippen molar-refractivity contribution in [1.82, 2.24) is 4.90 Å². The first kappa shape index (κ1) is 16.5. The molecule has 22 heavy (non-hydrogen) atoms. The quantitative estimate of drug-likeness (QED) is 0.781. The van der Waals surface area contributed by atoms with Crippen molar-refractivity contribution in [1.29, 1.82) is 0 Å². The number of amides is 1. The number of alkyl halides is 3. The first-order valence-electron chi connectivity index (χ1n) is 6.89. The summed E-state index contributed by atoms with van der Waals surface area (Å²) in [6.45, 7) is 7.62. The van der Waals surface area contributed by atoms with Crippen LogP contribution in [0.15, 0.2) is 36.9 Å². The molecule has 3 nitrogen and oxygen atoms in total. The third-order valence-corrected chi connectivity index (χ3v) is 3.49. The molecule has 1 fully saturated rings. The number of benzene rings is 1. The second kappa shape index (κ2) is 5.76. The molecular formula is C16H18F3NO2. The van der Waals surface area contributed by atoms with Crippen LogP contribution in [0.3, 0.4) is 0 Å². The fraction of sp³-hybridized carbons (Fsp3) is 0.438. The summed E-state index contributed by atoms with van der Waals surface area (Å²) in [5.41, 5.74) is -0.960. The lowest BCUT2D eigenvalue weighted by Crippen LogP contribution is -2.51. The van der Waals surface area contributed by atoms with Crippen molar-refractivity contribution >= 4 is 5.91 Å². The number of rotatable bonds is 2. The molecule has 2 rings (SSSR count). The maximum Gasteiger partial charge on any atom is 0.416 e. The molecule has 1 unspecified atom stereocenters. The van der Waals surface area contributed by atoms with Crippen molar-refractivity contribution in [2.24, 2.45) is 0 Å². The highest BCUT2D eigenvalue weighted by molar-refractivity contribution is 5.87. The zero-order valence-electron chi connectivity index (χ0n) is 12.5. The molecule has 1 aliphatic heterocycles. The van der Waals surface area contributed by atoms with E-state index in [1.54, 1.807) is 24.8 Å². The Morgan fingerprint density at radius 3 is 2.73 bits per heavy atom. The van der Waals surface area contributed by atoms with E-state index < -0.39 is 23.4 Å². The summed E-state index contributed by atoms with van der Waals surface area (Å²) in [6.07, 6.45) is -3.81. The third-order valence-electron chi connectivity index (χ3n) is 3.49. The third kappa shape index (κ3) is 3.68. The van der Waals surface area contributed by atoms with Gasteiger partial charge in [0.2, 0.25) is 5.91 Å². The predicted octanol–water partition coefficient (Wildman–Crippen LogP) is 3.57. The SMILES string of the molecule is C=CC(=O)N1CC(c2cccc(C(F)(F)F)c2)OC(C)(C)C1. The zero-order chi connectivity index (χ0) is 16.5. The minimum atomic E-state index is -4.41. The molecule has 6 heteroatoms. The Morgan fingerprint density at radius 2 is 2.14 bits per heavy atom. The summed E-state index contributed by atoms with van der Waals surface area (Å²) in [7, 11) is 0. The molecule has 1 aromatic rings. The van der Waals surface area contributed by atoms with Crippen LogP contribution in [0.4, 0.5) is 13.2 Å². The summed E-state index contributed by atoms with van der Waals surface area (Å²) >= 11 is 0. The van der Waals surface area contributed by atoms with Crippen LogP contribution in [0, 0.1) is 0 Å². The maximum absolute atomic E-state index is 12.8. The van der Waals surface area contributed by atoms with Gasteiger partial charge in [-0.25, -0.2) is 0 Å². The Hall–Kier alpha value is -1.82. The van der Waals surface area contributed by atoms with Gasteiger partial charge in [-0.3, -0.25) is 4.79 Å². The van der Waals surface area contributed by atoms with Gasteiger partial charge in [0.15, 0.2) is 0 Å². The molecule has 0 N–H and O–H groups in total. The van der Waals surface area contributed by atoms with Crippen molar-refractivity contribution in [3.8, 4) is 0 Å². The second-order valence-corrected chi connectivity index (χ2v) is 5.91. The molecule has 0 spiro atoms. The van der Waals surface area contributed by atoms with Crippen LogP contribution in [0.5, 0.6) is 0 Å². The summed E-state index contributed by atoms with van der Waals surface area (Å²) in [5, 5.41) is 0. The number of halogens is 3. The zero-order valence-corrected chi connectivity index (χ0v) is 12.5. The Morgan fingerprint density at radius 1 is 1.45 bits per heavy atom. The Bertz CT molecular complexity index is 581. The van der Waals surface area contributed by atoms with Crippen molar-refractivity contribution < 1.29 is 22.7 Å². The van der Waals surface area contributed by atoms with Crippen LogP contribution in [0.1, 0.15) is 31.1 Å². The standard InChI is InChI=1S/C16H18F3NO2/c1-4-14(21)20-9-13(22-15(2,3)10-20)11-6-5-7-12(8-11)16(17,18)19/h4-8,13H,1,9-10H2,2-3H3. The number of nitrogens with zero attached hydrogens (tertiary/aromatic N) is 1. The molecule has 1 aliphatic rings. The minimum Gasteiger partial charge on any atom is -0.364 e. The molecule has 120 valence electrons. The molecule has 0 radical (unpaired) electrons. The highest BCUT2D eigenvalue weighted by Crippen LogP contribution is 2.35. The molecule has 0 aliphatic carbocycles. The molecule has 1 amide bonds. The second-order valence-electron chi connectivity index (χ2n) is 5.91. The fourth-order valence-corrected chi connectivity index (χ4v) is 2.57. The van der Waals surface area contributed by atoms with Crippen LogP contribution < -0.4 is 0 Å². The molecule has 1 aromatic carbocycles. The summed E-state index contributed by atoms with van der Waals surface area (Å²) in [5.74, 6) is -0.256. The van der Waals surface area contributed by atoms with Crippen molar-refractivity contribution in [2.45, 2.75) is 31.7 Å². The first-order valence-corrected chi connectivity index (χ1v) is 6.89. The number of morpholine rings is 1. The van der Waals surface area contributed by atoms with Crippen LogP contribution in [-0.4, -0.2) is 29.5 Å². The van der Waals surface area contributed by atoms with Gasteiger partial charge in [-0.15, -0.1) is 0 Å². The van der Waals surface area contributed by atoms with E-state index in [2.05, 4.69) is 6.58 Å². The molecule has 1 saturated heterocycles. The van der Waals surface area contributed by atoms with Crippen molar-refractivity contribution in [3.63, 3.8) is 0 Å². The van der Waals surface area contributed by atoms with Crippen LogP contribution in [0.25, 0.3) is 0 Å². The first-order chi connectivity index (χ1) is 10.1. The molecule has 1 heterocycles. The Labute approximate surface area is 127 Å². The molecule has 0 saturated carbocycles. The average molecular weight is 313 g/mol. The van der Waals surface area contributed by atoms with Gasteiger partial charge in [-0.1, -0.05) is 18.7 Å². The Kier molecular flexibility index (Phi) is 4.33. The highest BCUT2D eigenvalue weighted by atomic mass is 19.4. The number of carbonyl (C=O) groups excluding carboxylic acids is 1. The number of hydrogen-bond acceptors (Lipinski definition) is 2. The largest absolute Gasteiger partial charge is 0.416 e. The monoisotopic (exact) mass is 313 g/mol. The lowest BCUT2D eigenvalue weighted by atomic mass is 9.99. The Balaban J connectivity index is 2.31. The van der Waals surface area contributed by atoms with Gasteiger partial charge >= 0.3 is 6.18 Å². The van der Waals surface area contributed by atoms with E-state index >= 15 is 0 Å². The topological polar surface area (TPSA) is 29.5 Å². The minimum absolute atomic E-state index is 0.204. The summed E-state index contributed by atoms with van der Waals surface area (Å²) < 4.78 is 44.3. The summed E-state index contributed by atoms with van der Waals surface area (Å²) in [6, 6.07) is 5.02. The summed E-state index contributed by atoms with van der Waals surface area (Å²) in [4.78, 5) is 13.4. The number of hydrogen-bond donors (Lipinski definition) is 0. The van der Waals surface area contributed by atoms with E-state index in [-0.39, 0.29) is 12.5 Å². The average Bonchev–Trinajstić information content (AvgIpc) is 2.44. The normalized spacial score (nSPS) is 21.5. The highest BCUT2D eigenvalue weighted by Gasteiger charge is 2.37. The molecule has 1 atom stereocenters. The molecule has 0 bridgehead atoms. The maximum atomic E-state index is 12.8. The smallest absolute Gasteiger partial charge is 0.364 e. The van der Waals surface area contributed by atoms with Gasteiger partial charge in [0.05, 0.1) is 17.7 Å². The molecular weight excluding hydrogens is 295 g/mol. The van der Waals surface area contributed by atoms with Gasteiger partial charge in [-0.05, 0) is 37.6 Å². The van der Waals surface area contributed by atoms with Crippen molar-refractivity contribution in [3.05, 3.63) is 48.0 Å².